The van der Waals surface area contributed by atoms with E-state index in [-0.39, 0.29) is 6.04 Å². The van der Waals surface area contributed by atoms with E-state index in [0.29, 0.717) is 11.4 Å². The van der Waals surface area contributed by atoms with Crippen LogP contribution in [0.5, 0.6) is 0 Å². The number of nitrogens with zero attached hydrogens (tertiary/aromatic N) is 1. The van der Waals surface area contributed by atoms with Crippen molar-refractivity contribution in [1.82, 2.24) is 4.31 Å². The molecule has 1 unspecified atom stereocenters. The van der Waals surface area contributed by atoms with Crippen molar-refractivity contribution in [2.75, 3.05) is 6.54 Å². The predicted octanol–water partition coefficient (Wildman–Crippen LogP) is 3.03. The van der Waals surface area contributed by atoms with Gasteiger partial charge in [0.05, 0.1) is 4.90 Å². The Kier molecular flexibility index (Phi) is 4.40. The summed E-state index contributed by atoms with van der Waals surface area (Å²) in [5, 5.41) is 0. The summed E-state index contributed by atoms with van der Waals surface area (Å²) in [7, 11) is -3.31. The normalized spacial score (nSPS) is 22.6. The standard InChI is InChI=1S/C14H21NO2S/c1-2-13-9-5-4-8-12-15(13)18(16,17)14-10-6-3-7-11-14/h3,6-7,10-11,13H,2,4-5,8-9,12H2,1H3. The van der Waals surface area contributed by atoms with Crippen molar-refractivity contribution in [2.45, 2.75) is 50.0 Å². The van der Waals surface area contributed by atoms with Gasteiger partial charge in [-0.3, -0.25) is 0 Å². The highest BCUT2D eigenvalue weighted by Crippen LogP contribution is 2.26. The lowest BCUT2D eigenvalue weighted by molar-refractivity contribution is 0.315. The third-order valence-electron chi connectivity index (χ3n) is 3.64. The first-order chi connectivity index (χ1) is 8.66. The lowest BCUT2D eigenvalue weighted by Gasteiger charge is -2.28. The van der Waals surface area contributed by atoms with Gasteiger partial charge in [-0.2, -0.15) is 4.31 Å². The highest BCUT2D eigenvalue weighted by molar-refractivity contribution is 7.89. The van der Waals surface area contributed by atoms with E-state index in [9.17, 15) is 8.42 Å². The van der Waals surface area contributed by atoms with Gasteiger partial charge in [0.2, 0.25) is 10.0 Å². The molecule has 100 valence electrons. The molecule has 1 heterocycles. The summed E-state index contributed by atoms with van der Waals surface area (Å²) in [6, 6.07) is 8.95. The maximum atomic E-state index is 12.6. The zero-order valence-electron chi connectivity index (χ0n) is 10.9. The van der Waals surface area contributed by atoms with Crippen LogP contribution in [0.2, 0.25) is 0 Å². The number of hydrogen-bond donors (Lipinski definition) is 0. The van der Waals surface area contributed by atoms with Crippen LogP contribution in [0, 0.1) is 0 Å². The van der Waals surface area contributed by atoms with Gasteiger partial charge in [-0.15, -0.1) is 0 Å². The van der Waals surface area contributed by atoms with Crippen LogP contribution in [0.4, 0.5) is 0 Å². The Morgan fingerprint density at radius 2 is 1.89 bits per heavy atom. The maximum absolute atomic E-state index is 12.6. The molecule has 0 saturated carbocycles. The number of benzene rings is 1. The highest BCUT2D eigenvalue weighted by atomic mass is 32.2. The molecule has 0 aromatic heterocycles. The second-order valence-corrected chi connectivity index (χ2v) is 6.73. The fraction of sp³-hybridized carbons (Fsp3) is 0.571. The molecule has 1 fully saturated rings. The molecule has 0 bridgehead atoms. The topological polar surface area (TPSA) is 37.4 Å². The van der Waals surface area contributed by atoms with Crippen molar-refractivity contribution in [1.29, 1.82) is 0 Å². The molecular weight excluding hydrogens is 246 g/mol. The summed E-state index contributed by atoms with van der Waals surface area (Å²) in [5.74, 6) is 0. The van der Waals surface area contributed by atoms with Gasteiger partial charge < -0.3 is 0 Å². The van der Waals surface area contributed by atoms with E-state index in [2.05, 4.69) is 6.92 Å². The monoisotopic (exact) mass is 267 g/mol. The van der Waals surface area contributed by atoms with Gasteiger partial charge >= 0.3 is 0 Å². The SMILES string of the molecule is CCC1CCCCCN1S(=O)(=O)c1ccccc1. The number of rotatable bonds is 3. The Bertz CT molecular complexity index is 470. The molecule has 4 heteroatoms. The summed E-state index contributed by atoms with van der Waals surface area (Å²) >= 11 is 0. The fourth-order valence-corrected chi connectivity index (χ4v) is 4.39. The molecule has 18 heavy (non-hydrogen) atoms. The lowest BCUT2D eigenvalue weighted by Crippen LogP contribution is -2.39. The van der Waals surface area contributed by atoms with Crippen molar-refractivity contribution in [3.05, 3.63) is 30.3 Å². The van der Waals surface area contributed by atoms with Crippen LogP contribution in [-0.4, -0.2) is 25.3 Å². The second kappa shape index (κ2) is 5.85. The van der Waals surface area contributed by atoms with Crippen LogP contribution < -0.4 is 0 Å². The highest BCUT2D eigenvalue weighted by Gasteiger charge is 2.31. The molecular formula is C14H21NO2S. The Morgan fingerprint density at radius 1 is 1.17 bits per heavy atom. The molecule has 0 aliphatic carbocycles. The number of sulfonamides is 1. The molecule has 1 saturated heterocycles. The fourth-order valence-electron chi connectivity index (χ4n) is 2.60. The summed E-state index contributed by atoms with van der Waals surface area (Å²) in [4.78, 5) is 0.422. The molecule has 1 aliphatic rings. The molecule has 0 radical (unpaired) electrons. The van der Waals surface area contributed by atoms with Gasteiger partial charge in [-0.25, -0.2) is 8.42 Å². The first-order valence-electron chi connectivity index (χ1n) is 6.73. The second-order valence-electron chi connectivity index (χ2n) is 4.84. The van der Waals surface area contributed by atoms with E-state index in [4.69, 9.17) is 0 Å². The minimum atomic E-state index is -3.31. The van der Waals surface area contributed by atoms with E-state index >= 15 is 0 Å². The quantitative estimate of drug-likeness (QED) is 0.844. The minimum absolute atomic E-state index is 0.165. The van der Waals surface area contributed by atoms with Crippen molar-refractivity contribution in [3.8, 4) is 0 Å². The van der Waals surface area contributed by atoms with E-state index in [1.165, 1.54) is 0 Å². The largest absolute Gasteiger partial charge is 0.243 e. The smallest absolute Gasteiger partial charge is 0.207 e. The van der Waals surface area contributed by atoms with Gasteiger partial charge in [0.25, 0.3) is 0 Å². The van der Waals surface area contributed by atoms with Crippen LogP contribution in [0.3, 0.4) is 0 Å². The van der Waals surface area contributed by atoms with E-state index in [1.54, 1.807) is 28.6 Å². The van der Waals surface area contributed by atoms with Crippen LogP contribution >= 0.6 is 0 Å². The van der Waals surface area contributed by atoms with Gasteiger partial charge in [0, 0.05) is 12.6 Å². The van der Waals surface area contributed by atoms with Gasteiger partial charge in [-0.1, -0.05) is 38.0 Å². The molecule has 1 aromatic carbocycles. The zero-order valence-corrected chi connectivity index (χ0v) is 11.7. The van der Waals surface area contributed by atoms with Crippen LogP contribution in [0.15, 0.2) is 35.2 Å². The predicted molar refractivity (Wildman–Crippen MR) is 72.9 cm³/mol. The van der Waals surface area contributed by atoms with Crippen molar-refractivity contribution >= 4 is 10.0 Å². The van der Waals surface area contributed by atoms with Gasteiger partial charge in [0.15, 0.2) is 0 Å². The van der Waals surface area contributed by atoms with Crippen molar-refractivity contribution in [3.63, 3.8) is 0 Å². The Hall–Kier alpha value is -0.870. The minimum Gasteiger partial charge on any atom is -0.207 e. The molecule has 0 spiro atoms. The van der Waals surface area contributed by atoms with Crippen molar-refractivity contribution in [2.24, 2.45) is 0 Å². The summed E-state index contributed by atoms with van der Waals surface area (Å²) in [6.07, 6.45) is 5.13. The lowest BCUT2D eigenvalue weighted by atomic mass is 10.1. The van der Waals surface area contributed by atoms with E-state index in [0.717, 1.165) is 32.1 Å². The van der Waals surface area contributed by atoms with Gasteiger partial charge in [0.1, 0.15) is 0 Å². The first kappa shape index (κ1) is 13.6. The number of hydrogen-bond acceptors (Lipinski definition) is 2. The maximum Gasteiger partial charge on any atom is 0.243 e. The Labute approximate surface area is 110 Å². The first-order valence-corrected chi connectivity index (χ1v) is 8.17. The van der Waals surface area contributed by atoms with Gasteiger partial charge in [-0.05, 0) is 31.4 Å². The molecule has 0 amide bonds. The average Bonchev–Trinajstić information content (AvgIpc) is 2.65. The van der Waals surface area contributed by atoms with Crippen LogP contribution in [0.25, 0.3) is 0 Å². The molecule has 1 aliphatic heterocycles. The van der Waals surface area contributed by atoms with Crippen LogP contribution in [-0.2, 0) is 10.0 Å². The summed E-state index contributed by atoms with van der Waals surface area (Å²) in [5.41, 5.74) is 0. The molecule has 1 aromatic rings. The van der Waals surface area contributed by atoms with E-state index < -0.39 is 10.0 Å². The molecule has 0 N–H and O–H groups in total. The van der Waals surface area contributed by atoms with Crippen molar-refractivity contribution < 1.29 is 8.42 Å². The molecule has 3 nitrogen and oxygen atoms in total. The summed E-state index contributed by atoms with van der Waals surface area (Å²) < 4.78 is 27.0. The Balaban J connectivity index is 2.32. The zero-order chi connectivity index (χ0) is 13.0. The third kappa shape index (κ3) is 2.75. The van der Waals surface area contributed by atoms with Crippen LogP contribution in [0.1, 0.15) is 39.0 Å². The third-order valence-corrected chi connectivity index (χ3v) is 5.61. The molecule has 1 atom stereocenters. The molecule has 2 rings (SSSR count). The summed E-state index contributed by atoms with van der Waals surface area (Å²) in [6.45, 7) is 2.74. The van der Waals surface area contributed by atoms with E-state index in [1.807, 2.05) is 6.07 Å². The average molecular weight is 267 g/mol. The Morgan fingerprint density at radius 3 is 2.56 bits per heavy atom.